The molecule has 0 saturated carbocycles. The molecule has 0 spiro atoms. The third-order valence-electron chi connectivity index (χ3n) is 5.90. The number of carbonyl (C=O) groups excluding carboxylic acids is 1. The smallest absolute Gasteiger partial charge is 0.290 e. The maximum atomic E-state index is 14.5. The molecule has 1 aromatic heterocycles. The average molecular weight is 464 g/mol. The van der Waals surface area contributed by atoms with Crippen LogP contribution in [0, 0.1) is 12.7 Å². The zero-order valence-electron chi connectivity index (χ0n) is 17.3. The SMILES string of the molecule is CCc1ccc2oc(C(=O)N(Cc3c(F)cccc3Cl)C3CCS(=O)(=O)C3)c(C)c2c1. The van der Waals surface area contributed by atoms with Gasteiger partial charge in [0.05, 0.1) is 18.1 Å². The predicted octanol–water partition coefficient (Wildman–Crippen LogP) is 4.93. The van der Waals surface area contributed by atoms with E-state index in [2.05, 4.69) is 0 Å². The van der Waals surface area contributed by atoms with Crippen molar-refractivity contribution in [1.29, 1.82) is 0 Å². The predicted molar refractivity (Wildman–Crippen MR) is 119 cm³/mol. The van der Waals surface area contributed by atoms with Gasteiger partial charge < -0.3 is 9.32 Å². The lowest BCUT2D eigenvalue weighted by atomic mass is 10.1. The Balaban J connectivity index is 1.77. The number of furan rings is 1. The van der Waals surface area contributed by atoms with Crippen LogP contribution < -0.4 is 0 Å². The van der Waals surface area contributed by atoms with Gasteiger partial charge in [0.2, 0.25) is 0 Å². The quantitative estimate of drug-likeness (QED) is 0.538. The summed E-state index contributed by atoms with van der Waals surface area (Å²) < 4.78 is 44.6. The molecule has 1 saturated heterocycles. The standard InChI is InChI=1S/C23H23ClFNO4S/c1-3-15-7-8-21-17(11-15)14(2)22(30-21)23(27)26(16-9-10-31(28,29)13-16)12-18-19(24)5-4-6-20(18)25/h4-8,11,16H,3,9-10,12-13H2,1-2H3. The lowest BCUT2D eigenvalue weighted by Gasteiger charge is -2.28. The number of amides is 1. The van der Waals surface area contributed by atoms with E-state index in [1.807, 2.05) is 25.1 Å². The lowest BCUT2D eigenvalue weighted by molar-refractivity contribution is 0.0647. The van der Waals surface area contributed by atoms with Crippen molar-refractivity contribution in [2.75, 3.05) is 11.5 Å². The lowest BCUT2D eigenvalue weighted by Crippen LogP contribution is -2.41. The number of hydrogen-bond donors (Lipinski definition) is 0. The maximum Gasteiger partial charge on any atom is 0.290 e. The van der Waals surface area contributed by atoms with Gasteiger partial charge in [0.15, 0.2) is 15.6 Å². The average Bonchev–Trinajstić information content (AvgIpc) is 3.26. The third-order valence-corrected chi connectivity index (χ3v) is 8.01. The number of sulfone groups is 1. The molecule has 5 nitrogen and oxygen atoms in total. The second-order valence-electron chi connectivity index (χ2n) is 7.93. The Labute approximate surface area is 185 Å². The van der Waals surface area contributed by atoms with Crippen LogP contribution in [0.3, 0.4) is 0 Å². The maximum absolute atomic E-state index is 14.5. The first kappa shape index (κ1) is 21.8. The Kier molecular flexibility index (Phi) is 5.83. The Morgan fingerprint density at radius 3 is 2.71 bits per heavy atom. The second-order valence-corrected chi connectivity index (χ2v) is 10.6. The highest BCUT2D eigenvalue weighted by molar-refractivity contribution is 7.91. The highest BCUT2D eigenvalue weighted by Crippen LogP contribution is 2.31. The molecule has 4 rings (SSSR count). The minimum atomic E-state index is -3.26. The summed E-state index contributed by atoms with van der Waals surface area (Å²) in [5, 5.41) is 1.03. The monoisotopic (exact) mass is 463 g/mol. The first-order chi connectivity index (χ1) is 14.7. The summed E-state index contributed by atoms with van der Waals surface area (Å²) in [6, 6.07) is 9.49. The Morgan fingerprint density at radius 1 is 1.29 bits per heavy atom. The molecule has 3 aromatic rings. The van der Waals surface area contributed by atoms with Gasteiger partial charge in [-0.2, -0.15) is 0 Å². The van der Waals surface area contributed by atoms with Crippen LogP contribution in [0.1, 0.15) is 40.6 Å². The van der Waals surface area contributed by atoms with Crippen LogP contribution in [0.25, 0.3) is 11.0 Å². The van der Waals surface area contributed by atoms with Crippen molar-refractivity contribution in [2.45, 2.75) is 39.3 Å². The van der Waals surface area contributed by atoms with Crippen LogP contribution in [0.4, 0.5) is 4.39 Å². The molecular weight excluding hydrogens is 441 g/mol. The van der Waals surface area contributed by atoms with E-state index in [-0.39, 0.29) is 34.4 Å². The van der Waals surface area contributed by atoms with E-state index in [0.29, 0.717) is 17.6 Å². The first-order valence-electron chi connectivity index (χ1n) is 10.2. The van der Waals surface area contributed by atoms with Gasteiger partial charge in [-0.15, -0.1) is 0 Å². The number of rotatable bonds is 5. The van der Waals surface area contributed by atoms with E-state index in [1.54, 1.807) is 13.0 Å². The zero-order valence-corrected chi connectivity index (χ0v) is 18.9. The summed E-state index contributed by atoms with van der Waals surface area (Å²) in [6.07, 6.45) is 1.14. The molecule has 2 aromatic carbocycles. The molecule has 1 unspecified atom stereocenters. The van der Waals surface area contributed by atoms with Crippen LogP contribution in [0.15, 0.2) is 40.8 Å². The van der Waals surface area contributed by atoms with Crippen molar-refractivity contribution < 1.29 is 22.0 Å². The van der Waals surface area contributed by atoms with Crippen LogP contribution >= 0.6 is 11.6 Å². The van der Waals surface area contributed by atoms with Gasteiger partial charge in [-0.1, -0.05) is 30.7 Å². The van der Waals surface area contributed by atoms with Gasteiger partial charge in [0, 0.05) is 27.6 Å². The molecular formula is C23H23ClFNO4S. The molecule has 1 aliphatic rings. The zero-order chi connectivity index (χ0) is 22.3. The third kappa shape index (κ3) is 4.21. The molecule has 31 heavy (non-hydrogen) atoms. The number of halogens is 2. The van der Waals surface area contributed by atoms with Gasteiger partial charge >= 0.3 is 0 Å². The number of benzene rings is 2. The number of fused-ring (bicyclic) bond motifs is 1. The Hall–Kier alpha value is -2.38. The molecule has 0 N–H and O–H groups in total. The summed E-state index contributed by atoms with van der Waals surface area (Å²) in [5.41, 5.74) is 2.54. The van der Waals surface area contributed by atoms with Crippen LogP contribution in [-0.2, 0) is 22.8 Å². The number of carbonyl (C=O) groups is 1. The van der Waals surface area contributed by atoms with Crippen molar-refractivity contribution in [1.82, 2.24) is 4.90 Å². The molecule has 1 fully saturated rings. The van der Waals surface area contributed by atoms with E-state index < -0.39 is 27.6 Å². The molecule has 0 aliphatic carbocycles. The van der Waals surface area contributed by atoms with E-state index in [1.165, 1.54) is 17.0 Å². The van der Waals surface area contributed by atoms with Gasteiger partial charge in [-0.25, -0.2) is 12.8 Å². The van der Waals surface area contributed by atoms with E-state index >= 15 is 0 Å². The molecule has 0 radical (unpaired) electrons. The largest absolute Gasteiger partial charge is 0.451 e. The van der Waals surface area contributed by atoms with E-state index in [0.717, 1.165) is 17.4 Å². The topological polar surface area (TPSA) is 67.6 Å². The van der Waals surface area contributed by atoms with Crippen LogP contribution in [0.2, 0.25) is 5.02 Å². The summed E-state index contributed by atoms with van der Waals surface area (Å²) in [6.45, 7) is 3.71. The summed E-state index contributed by atoms with van der Waals surface area (Å²) in [7, 11) is -3.26. The summed E-state index contributed by atoms with van der Waals surface area (Å²) in [5.74, 6) is -1.04. The van der Waals surface area contributed by atoms with Crippen molar-refractivity contribution in [3.8, 4) is 0 Å². The molecule has 1 aliphatic heterocycles. The van der Waals surface area contributed by atoms with Crippen molar-refractivity contribution in [2.24, 2.45) is 0 Å². The summed E-state index contributed by atoms with van der Waals surface area (Å²) in [4.78, 5) is 15.0. The molecule has 1 amide bonds. The van der Waals surface area contributed by atoms with E-state index in [4.69, 9.17) is 16.0 Å². The number of aryl methyl sites for hydroxylation is 2. The normalized spacial score (nSPS) is 17.9. The fraction of sp³-hybridized carbons (Fsp3) is 0.348. The van der Waals surface area contributed by atoms with Crippen molar-refractivity contribution in [3.05, 3.63) is 69.7 Å². The van der Waals surface area contributed by atoms with Gasteiger partial charge in [0.1, 0.15) is 11.4 Å². The Morgan fingerprint density at radius 2 is 2.06 bits per heavy atom. The van der Waals surface area contributed by atoms with Crippen LogP contribution in [0.5, 0.6) is 0 Å². The number of hydrogen-bond acceptors (Lipinski definition) is 4. The highest BCUT2D eigenvalue weighted by Gasteiger charge is 2.37. The minimum Gasteiger partial charge on any atom is -0.451 e. The molecule has 164 valence electrons. The fourth-order valence-corrected chi connectivity index (χ4v) is 6.02. The van der Waals surface area contributed by atoms with Crippen molar-refractivity contribution in [3.63, 3.8) is 0 Å². The molecule has 2 heterocycles. The Bertz CT molecular complexity index is 1250. The van der Waals surface area contributed by atoms with Gasteiger partial charge in [-0.3, -0.25) is 4.79 Å². The fourth-order valence-electron chi connectivity index (χ4n) is 4.06. The molecule has 0 bridgehead atoms. The number of nitrogens with zero attached hydrogens (tertiary/aromatic N) is 1. The molecule has 8 heteroatoms. The van der Waals surface area contributed by atoms with Gasteiger partial charge in [-0.05, 0) is 49.6 Å². The second kappa shape index (κ2) is 8.28. The van der Waals surface area contributed by atoms with Gasteiger partial charge in [0.25, 0.3) is 5.91 Å². The first-order valence-corrected chi connectivity index (χ1v) is 12.4. The van der Waals surface area contributed by atoms with Crippen LogP contribution in [-0.4, -0.2) is 36.8 Å². The highest BCUT2D eigenvalue weighted by atomic mass is 35.5. The minimum absolute atomic E-state index is 0.00851. The van der Waals surface area contributed by atoms with E-state index in [9.17, 15) is 17.6 Å². The van der Waals surface area contributed by atoms with Crippen molar-refractivity contribution >= 4 is 38.3 Å². The summed E-state index contributed by atoms with van der Waals surface area (Å²) >= 11 is 6.20. The molecule has 1 atom stereocenters.